The van der Waals surface area contributed by atoms with E-state index in [-0.39, 0.29) is 11.9 Å². The van der Waals surface area contributed by atoms with E-state index in [1.807, 2.05) is 11.0 Å². The Labute approximate surface area is 135 Å². The van der Waals surface area contributed by atoms with E-state index in [0.29, 0.717) is 18.8 Å². The van der Waals surface area contributed by atoms with Crippen LogP contribution >= 0.6 is 0 Å². The lowest BCUT2D eigenvalue weighted by Crippen LogP contribution is -2.45. The van der Waals surface area contributed by atoms with E-state index < -0.39 is 0 Å². The number of nitrogens with zero attached hydrogens (tertiary/aromatic N) is 6. The van der Waals surface area contributed by atoms with Crippen molar-refractivity contribution in [3.05, 3.63) is 42.2 Å². The third kappa shape index (κ3) is 3.24. The maximum Gasteiger partial charge on any atom is 0.274 e. The molecule has 3 rings (SSSR count). The second-order valence-electron chi connectivity index (χ2n) is 5.68. The van der Waals surface area contributed by atoms with Crippen molar-refractivity contribution in [2.24, 2.45) is 0 Å². The van der Waals surface area contributed by atoms with Gasteiger partial charge in [-0.25, -0.2) is 4.98 Å². The van der Waals surface area contributed by atoms with Crippen molar-refractivity contribution in [2.45, 2.75) is 26.4 Å². The first-order chi connectivity index (χ1) is 11.2. The van der Waals surface area contributed by atoms with Gasteiger partial charge in [-0.2, -0.15) is 5.10 Å². The number of carbonyl (C=O) groups is 1. The quantitative estimate of drug-likeness (QED) is 0.830. The van der Waals surface area contributed by atoms with Gasteiger partial charge in [-0.3, -0.25) is 14.5 Å². The lowest BCUT2D eigenvalue weighted by Gasteiger charge is -2.36. The molecule has 1 amide bonds. The summed E-state index contributed by atoms with van der Waals surface area (Å²) in [6, 6.07) is 2.14. The number of hydrogen-bond donors (Lipinski definition) is 0. The molecule has 1 aliphatic heterocycles. The predicted octanol–water partition coefficient (Wildman–Crippen LogP) is 1.21. The number of amides is 1. The highest BCUT2D eigenvalue weighted by atomic mass is 16.2. The number of rotatable bonds is 5. The van der Waals surface area contributed by atoms with Gasteiger partial charge >= 0.3 is 0 Å². The topological polar surface area (TPSA) is 67.2 Å². The summed E-state index contributed by atoms with van der Waals surface area (Å²) in [5, 5.41) is 4.45. The van der Waals surface area contributed by atoms with E-state index in [1.54, 1.807) is 18.6 Å². The second-order valence-corrected chi connectivity index (χ2v) is 5.68. The summed E-state index contributed by atoms with van der Waals surface area (Å²) in [6.07, 6.45) is 6.45. The van der Waals surface area contributed by atoms with Gasteiger partial charge in [-0.1, -0.05) is 13.8 Å². The zero-order valence-electron chi connectivity index (χ0n) is 13.6. The Morgan fingerprint density at radius 2 is 2.13 bits per heavy atom. The predicted molar refractivity (Wildman–Crippen MR) is 85.8 cm³/mol. The molecule has 3 heterocycles. The van der Waals surface area contributed by atoms with E-state index in [1.165, 1.54) is 6.20 Å². The monoisotopic (exact) mass is 314 g/mol. The van der Waals surface area contributed by atoms with Gasteiger partial charge in [0.1, 0.15) is 5.69 Å². The molecule has 0 aliphatic carbocycles. The first-order valence-electron chi connectivity index (χ1n) is 8.03. The number of aromatic nitrogens is 4. The molecule has 23 heavy (non-hydrogen) atoms. The first-order valence-corrected chi connectivity index (χ1v) is 8.03. The molecule has 1 atom stereocenters. The van der Waals surface area contributed by atoms with Crippen LogP contribution in [0.5, 0.6) is 0 Å². The summed E-state index contributed by atoms with van der Waals surface area (Å²) < 4.78 is 2.05. The van der Waals surface area contributed by atoms with Gasteiger partial charge in [0, 0.05) is 31.7 Å². The summed E-state index contributed by atoms with van der Waals surface area (Å²) in [4.78, 5) is 25.0. The molecule has 1 aliphatic rings. The van der Waals surface area contributed by atoms with Crippen molar-refractivity contribution in [1.82, 2.24) is 29.5 Å². The van der Waals surface area contributed by atoms with Crippen molar-refractivity contribution in [2.75, 3.05) is 26.2 Å². The van der Waals surface area contributed by atoms with Gasteiger partial charge in [-0.15, -0.1) is 0 Å². The lowest BCUT2D eigenvalue weighted by atomic mass is 10.1. The molecule has 2 aromatic rings. The number of carbonyl (C=O) groups excluding carboxylic acids is 1. The highest BCUT2D eigenvalue weighted by molar-refractivity contribution is 5.92. The third-order valence-electron chi connectivity index (χ3n) is 4.32. The van der Waals surface area contributed by atoms with Crippen molar-refractivity contribution < 1.29 is 4.79 Å². The fourth-order valence-electron chi connectivity index (χ4n) is 3.03. The van der Waals surface area contributed by atoms with Crippen LogP contribution in [0.4, 0.5) is 0 Å². The zero-order valence-corrected chi connectivity index (χ0v) is 13.6. The first kappa shape index (κ1) is 15.6. The smallest absolute Gasteiger partial charge is 0.274 e. The molecule has 7 heteroatoms. The zero-order chi connectivity index (χ0) is 16.2. The maximum atomic E-state index is 12.7. The average molecular weight is 314 g/mol. The van der Waals surface area contributed by atoms with Crippen molar-refractivity contribution in [3.63, 3.8) is 0 Å². The number of likely N-dealkylation sites (N-methyl/N-ethyl adjacent to an activating group) is 1. The molecule has 0 N–H and O–H groups in total. The van der Waals surface area contributed by atoms with Crippen LogP contribution in [-0.2, 0) is 6.54 Å². The molecular formula is C16H22N6O. The fourth-order valence-corrected chi connectivity index (χ4v) is 3.03. The van der Waals surface area contributed by atoms with Crippen LogP contribution in [0.15, 0.2) is 30.9 Å². The SMILES string of the molecule is CCN(CC)C[C@@H]1CN(C(=O)c2cnccn2)Cc2ccnn21. The third-order valence-corrected chi connectivity index (χ3v) is 4.32. The van der Waals surface area contributed by atoms with Crippen LogP contribution in [0.3, 0.4) is 0 Å². The van der Waals surface area contributed by atoms with E-state index in [9.17, 15) is 4.79 Å². The van der Waals surface area contributed by atoms with Gasteiger partial charge in [0.15, 0.2) is 0 Å². The molecule has 0 fully saturated rings. The minimum Gasteiger partial charge on any atom is -0.329 e. The van der Waals surface area contributed by atoms with Crippen LogP contribution in [-0.4, -0.2) is 61.6 Å². The largest absolute Gasteiger partial charge is 0.329 e. The van der Waals surface area contributed by atoms with E-state index in [0.717, 1.165) is 25.3 Å². The Balaban J connectivity index is 1.81. The molecule has 122 valence electrons. The summed E-state index contributed by atoms with van der Waals surface area (Å²) >= 11 is 0. The number of fused-ring (bicyclic) bond motifs is 1. The average Bonchev–Trinajstić information content (AvgIpc) is 3.08. The number of hydrogen-bond acceptors (Lipinski definition) is 5. The molecule has 0 spiro atoms. The Morgan fingerprint density at radius 1 is 1.30 bits per heavy atom. The van der Waals surface area contributed by atoms with Gasteiger partial charge in [0.05, 0.1) is 24.5 Å². The summed E-state index contributed by atoms with van der Waals surface area (Å²) in [6.45, 7) is 8.36. The Bertz CT molecular complexity index is 652. The maximum absolute atomic E-state index is 12.7. The Morgan fingerprint density at radius 3 is 2.83 bits per heavy atom. The van der Waals surface area contributed by atoms with E-state index in [2.05, 4.69) is 38.5 Å². The highest BCUT2D eigenvalue weighted by Gasteiger charge is 2.30. The minimum atomic E-state index is -0.0740. The molecule has 0 unspecified atom stereocenters. The standard InChI is InChI=1S/C16H22N6O/c1-3-20(4-2)10-14-12-21(11-13-5-6-19-22(13)14)16(23)15-9-17-7-8-18-15/h5-9,14H,3-4,10-12H2,1-2H3/t14-/m1/s1. The molecule has 7 nitrogen and oxygen atoms in total. The Hall–Kier alpha value is -2.28. The molecule has 0 saturated heterocycles. The lowest BCUT2D eigenvalue weighted by molar-refractivity contribution is 0.0636. The minimum absolute atomic E-state index is 0.0740. The van der Waals surface area contributed by atoms with Crippen molar-refractivity contribution in [3.8, 4) is 0 Å². The molecular weight excluding hydrogens is 292 g/mol. The summed E-state index contributed by atoms with van der Waals surface area (Å²) in [7, 11) is 0. The van der Waals surface area contributed by atoms with Crippen LogP contribution in [0.2, 0.25) is 0 Å². The Kier molecular flexibility index (Phi) is 4.66. The summed E-state index contributed by atoms with van der Waals surface area (Å²) in [5.74, 6) is -0.0740. The van der Waals surface area contributed by atoms with E-state index >= 15 is 0 Å². The van der Waals surface area contributed by atoms with Gasteiger partial charge < -0.3 is 9.80 Å². The van der Waals surface area contributed by atoms with Crippen molar-refractivity contribution >= 4 is 5.91 Å². The summed E-state index contributed by atoms with van der Waals surface area (Å²) in [5.41, 5.74) is 1.45. The van der Waals surface area contributed by atoms with Crippen LogP contribution in [0.25, 0.3) is 0 Å². The van der Waals surface area contributed by atoms with Crippen LogP contribution in [0.1, 0.15) is 36.1 Å². The fraction of sp³-hybridized carbons (Fsp3) is 0.500. The normalized spacial score (nSPS) is 17.3. The molecule has 0 radical (unpaired) electrons. The second kappa shape index (κ2) is 6.87. The van der Waals surface area contributed by atoms with Gasteiger partial charge in [0.25, 0.3) is 5.91 Å². The van der Waals surface area contributed by atoms with Crippen LogP contribution in [0, 0.1) is 0 Å². The van der Waals surface area contributed by atoms with Gasteiger partial charge in [0.2, 0.25) is 0 Å². The molecule has 0 saturated carbocycles. The van der Waals surface area contributed by atoms with E-state index in [4.69, 9.17) is 0 Å². The highest BCUT2D eigenvalue weighted by Crippen LogP contribution is 2.22. The molecule has 0 bridgehead atoms. The van der Waals surface area contributed by atoms with Gasteiger partial charge in [-0.05, 0) is 19.2 Å². The van der Waals surface area contributed by atoms with Crippen molar-refractivity contribution in [1.29, 1.82) is 0 Å². The van der Waals surface area contributed by atoms with Crippen LogP contribution < -0.4 is 0 Å². The molecule has 0 aromatic carbocycles. The molecule has 2 aromatic heterocycles.